The van der Waals surface area contributed by atoms with E-state index in [9.17, 15) is 24.5 Å². The van der Waals surface area contributed by atoms with E-state index in [1.807, 2.05) is 0 Å². The number of rotatable bonds is 5. The largest absolute Gasteiger partial charge is 0.452 e. The molecular formula is C18H15N3O6S. The molecule has 9 nitrogen and oxygen atoms in total. The second-order valence-electron chi connectivity index (χ2n) is 5.93. The molecule has 2 aromatic carbocycles. The average molecular weight is 401 g/mol. The highest BCUT2D eigenvalue weighted by Gasteiger charge is 2.19. The maximum absolute atomic E-state index is 12.2. The SMILES string of the molecule is Cc1ccc([N+](=O)[O-])cc1NC(=O)COC(=O)c1ccc2c(c1)NC(=O)CS2. The van der Waals surface area contributed by atoms with Gasteiger partial charge in [0.15, 0.2) is 6.61 Å². The Labute approximate surface area is 163 Å². The van der Waals surface area contributed by atoms with Gasteiger partial charge in [-0.1, -0.05) is 6.07 Å². The normalized spacial score (nSPS) is 12.5. The van der Waals surface area contributed by atoms with Crippen LogP contribution < -0.4 is 10.6 Å². The number of amides is 2. The van der Waals surface area contributed by atoms with Gasteiger partial charge in [-0.2, -0.15) is 0 Å². The van der Waals surface area contributed by atoms with Gasteiger partial charge in [0.05, 0.1) is 27.6 Å². The molecule has 0 spiro atoms. The molecule has 0 atom stereocenters. The number of carbonyl (C=O) groups excluding carboxylic acids is 3. The van der Waals surface area contributed by atoms with Gasteiger partial charge >= 0.3 is 5.97 Å². The number of benzene rings is 2. The summed E-state index contributed by atoms with van der Waals surface area (Å²) in [6, 6.07) is 8.82. The van der Waals surface area contributed by atoms with Crippen molar-refractivity contribution in [2.45, 2.75) is 11.8 Å². The first-order chi connectivity index (χ1) is 13.3. The molecule has 0 aromatic heterocycles. The van der Waals surface area contributed by atoms with Crippen LogP contribution in [0.2, 0.25) is 0 Å². The summed E-state index contributed by atoms with van der Waals surface area (Å²) in [5, 5.41) is 16.0. The molecule has 1 aliphatic heterocycles. The van der Waals surface area contributed by atoms with E-state index in [2.05, 4.69) is 10.6 Å². The summed E-state index contributed by atoms with van der Waals surface area (Å²) >= 11 is 1.36. The van der Waals surface area contributed by atoms with Crippen LogP contribution in [0.5, 0.6) is 0 Å². The van der Waals surface area contributed by atoms with E-state index in [0.29, 0.717) is 17.0 Å². The fraction of sp³-hybridized carbons (Fsp3) is 0.167. The van der Waals surface area contributed by atoms with Gasteiger partial charge in [-0.3, -0.25) is 19.7 Å². The number of ether oxygens (including phenoxy) is 1. The fourth-order valence-electron chi connectivity index (χ4n) is 2.47. The van der Waals surface area contributed by atoms with Crippen molar-refractivity contribution in [1.82, 2.24) is 0 Å². The number of thioether (sulfide) groups is 1. The predicted molar refractivity (Wildman–Crippen MR) is 103 cm³/mol. The first-order valence-corrected chi connectivity index (χ1v) is 9.11. The molecule has 0 radical (unpaired) electrons. The van der Waals surface area contributed by atoms with Crippen LogP contribution in [-0.2, 0) is 14.3 Å². The molecule has 0 aliphatic carbocycles. The number of aryl methyl sites for hydroxylation is 1. The minimum absolute atomic E-state index is 0.158. The summed E-state index contributed by atoms with van der Waals surface area (Å²) in [6.07, 6.45) is 0. The van der Waals surface area contributed by atoms with Gasteiger partial charge in [0.1, 0.15) is 0 Å². The van der Waals surface area contributed by atoms with Crippen LogP contribution in [0.25, 0.3) is 0 Å². The van der Waals surface area contributed by atoms with Crippen molar-refractivity contribution in [2.75, 3.05) is 23.0 Å². The van der Waals surface area contributed by atoms with Crippen molar-refractivity contribution in [3.8, 4) is 0 Å². The summed E-state index contributed by atoms with van der Waals surface area (Å²) in [7, 11) is 0. The molecule has 2 amide bonds. The number of nitrogens with zero attached hydrogens (tertiary/aromatic N) is 1. The molecule has 0 fully saturated rings. The number of anilines is 2. The van der Waals surface area contributed by atoms with E-state index in [4.69, 9.17) is 4.74 Å². The molecule has 1 heterocycles. The van der Waals surface area contributed by atoms with Crippen molar-refractivity contribution in [1.29, 1.82) is 0 Å². The van der Waals surface area contributed by atoms with E-state index in [0.717, 1.165) is 4.90 Å². The van der Waals surface area contributed by atoms with Gasteiger partial charge in [0.2, 0.25) is 5.91 Å². The smallest absolute Gasteiger partial charge is 0.338 e. The maximum Gasteiger partial charge on any atom is 0.338 e. The monoisotopic (exact) mass is 401 g/mol. The maximum atomic E-state index is 12.2. The third kappa shape index (κ3) is 4.46. The molecule has 0 saturated heterocycles. The summed E-state index contributed by atoms with van der Waals surface area (Å²) in [4.78, 5) is 46.8. The lowest BCUT2D eigenvalue weighted by Gasteiger charge is -2.16. The lowest BCUT2D eigenvalue weighted by Crippen LogP contribution is -2.22. The van der Waals surface area contributed by atoms with Crippen LogP contribution in [-0.4, -0.2) is 35.1 Å². The highest BCUT2D eigenvalue weighted by molar-refractivity contribution is 8.00. The number of hydrogen-bond acceptors (Lipinski definition) is 7. The zero-order valence-electron chi connectivity index (χ0n) is 14.7. The van der Waals surface area contributed by atoms with E-state index >= 15 is 0 Å². The van der Waals surface area contributed by atoms with Crippen molar-refractivity contribution in [3.05, 3.63) is 57.6 Å². The van der Waals surface area contributed by atoms with Gasteiger partial charge in [-0.25, -0.2) is 4.79 Å². The highest BCUT2D eigenvalue weighted by atomic mass is 32.2. The second-order valence-corrected chi connectivity index (χ2v) is 6.95. The Hall–Kier alpha value is -3.40. The summed E-state index contributed by atoms with van der Waals surface area (Å²) in [6.45, 7) is 1.13. The number of carbonyl (C=O) groups is 3. The van der Waals surface area contributed by atoms with Crippen molar-refractivity contribution in [2.24, 2.45) is 0 Å². The van der Waals surface area contributed by atoms with E-state index in [1.165, 1.54) is 36.0 Å². The Bertz CT molecular complexity index is 991. The average Bonchev–Trinajstić information content (AvgIpc) is 2.67. The van der Waals surface area contributed by atoms with Gasteiger partial charge < -0.3 is 15.4 Å². The molecule has 0 unspecified atom stereocenters. The molecule has 2 aromatic rings. The van der Waals surface area contributed by atoms with Crippen molar-refractivity contribution in [3.63, 3.8) is 0 Å². The van der Waals surface area contributed by atoms with Crippen LogP contribution in [0.3, 0.4) is 0 Å². The van der Waals surface area contributed by atoms with Crippen LogP contribution in [0.1, 0.15) is 15.9 Å². The summed E-state index contributed by atoms with van der Waals surface area (Å²) in [5.74, 6) is -1.19. The Kier molecular flexibility index (Phi) is 5.59. The molecule has 0 saturated carbocycles. The second kappa shape index (κ2) is 8.09. The quantitative estimate of drug-likeness (QED) is 0.448. The lowest BCUT2D eigenvalue weighted by molar-refractivity contribution is -0.384. The molecule has 0 bridgehead atoms. The number of nitrogens with one attached hydrogen (secondary N) is 2. The first-order valence-electron chi connectivity index (χ1n) is 8.12. The first kappa shape index (κ1) is 19.4. The third-order valence-corrected chi connectivity index (χ3v) is 4.96. The minimum Gasteiger partial charge on any atom is -0.452 e. The Morgan fingerprint density at radius 1 is 1.29 bits per heavy atom. The van der Waals surface area contributed by atoms with E-state index in [-0.39, 0.29) is 22.8 Å². The Balaban J connectivity index is 1.61. The number of nitro groups is 1. The topological polar surface area (TPSA) is 128 Å². The Morgan fingerprint density at radius 2 is 2.07 bits per heavy atom. The van der Waals surface area contributed by atoms with E-state index < -0.39 is 23.4 Å². The van der Waals surface area contributed by atoms with Crippen LogP contribution in [0.4, 0.5) is 17.1 Å². The van der Waals surface area contributed by atoms with Gasteiger partial charge in [-0.15, -0.1) is 11.8 Å². The van der Waals surface area contributed by atoms with Gasteiger partial charge in [0, 0.05) is 17.0 Å². The zero-order valence-corrected chi connectivity index (χ0v) is 15.5. The zero-order chi connectivity index (χ0) is 20.3. The molecule has 1 aliphatic rings. The molecule has 2 N–H and O–H groups in total. The molecule has 144 valence electrons. The van der Waals surface area contributed by atoms with Crippen molar-refractivity contribution >= 4 is 46.6 Å². The predicted octanol–water partition coefficient (Wildman–Crippen LogP) is 2.74. The highest BCUT2D eigenvalue weighted by Crippen LogP contribution is 2.32. The molecule has 28 heavy (non-hydrogen) atoms. The number of nitro benzene ring substituents is 1. The number of fused-ring (bicyclic) bond motifs is 1. The molecular weight excluding hydrogens is 386 g/mol. The summed E-state index contributed by atoms with van der Waals surface area (Å²) in [5.41, 5.74) is 1.46. The Morgan fingerprint density at radius 3 is 2.82 bits per heavy atom. The number of hydrogen-bond donors (Lipinski definition) is 2. The van der Waals surface area contributed by atoms with E-state index in [1.54, 1.807) is 19.1 Å². The minimum atomic E-state index is -0.724. The number of esters is 1. The van der Waals surface area contributed by atoms with Gasteiger partial charge in [0.25, 0.3) is 11.6 Å². The van der Waals surface area contributed by atoms with Crippen LogP contribution in [0.15, 0.2) is 41.3 Å². The molecule has 3 rings (SSSR count). The number of non-ortho nitro benzene ring substituents is 1. The standard InChI is InChI=1S/C18H15N3O6S/c1-10-2-4-12(21(25)26)7-13(10)19-16(22)8-27-18(24)11-3-5-15-14(6-11)20-17(23)9-28-15/h2-7H,8-9H2,1H3,(H,19,22)(H,20,23). The third-order valence-electron chi connectivity index (χ3n) is 3.89. The van der Waals surface area contributed by atoms with Crippen LogP contribution in [0, 0.1) is 17.0 Å². The lowest BCUT2D eigenvalue weighted by atomic mass is 10.2. The fourth-order valence-corrected chi connectivity index (χ4v) is 3.26. The van der Waals surface area contributed by atoms with Gasteiger partial charge in [-0.05, 0) is 30.7 Å². The van der Waals surface area contributed by atoms with Crippen molar-refractivity contribution < 1.29 is 24.0 Å². The molecule has 10 heteroatoms. The van der Waals surface area contributed by atoms with Crippen LogP contribution >= 0.6 is 11.8 Å². The summed E-state index contributed by atoms with van der Waals surface area (Å²) < 4.78 is 4.99.